The molecule has 2 heterocycles. The van der Waals surface area contributed by atoms with Crippen LogP contribution in [0.4, 0.5) is 33.5 Å². The Hall–Kier alpha value is -2.42. The lowest BCUT2D eigenvalue weighted by molar-refractivity contribution is -0.137. The summed E-state index contributed by atoms with van der Waals surface area (Å²) in [5.41, 5.74) is -0.777. The Kier molecular flexibility index (Phi) is 5.74. The number of hydrogen-bond donors (Lipinski definition) is 1. The highest BCUT2D eigenvalue weighted by atomic mass is 35.5. The molecule has 0 radical (unpaired) electrons. The van der Waals surface area contributed by atoms with Crippen LogP contribution in [0.1, 0.15) is 18.4 Å². The van der Waals surface area contributed by atoms with Crippen LogP contribution in [0.5, 0.6) is 0 Å². The number of piperidine rings is 1. The van der Waals surface area contributed by atoms with Crippen LogP contribution in [0.15, 0.2) is 30.5 Å². The second-order valence-electron chi connectivity index (χ2n) is 6.41. The molecule has 0 saturated carbocycles. The minimum absolute atomic E-state index is 0.112. The number of nitrogens with zero attached hydrogens (tertiary/aromatic N) is 2. The summed E-state index contributed by atoms with van der Waals surface area (Å²) in [5, 5.41) is 2.43. The number of alkyl halides is 3. The van der Waals surface area contributed by atoms with Crippen molar-refractivity contribution in [3.05, 3.63) is 52.7 Å². The van der Waals surface area contributed by atoms with E-state index in [0.717, 1.165) is 24.4 Å². The van der Waals surface area contributed by atoms with Crippen molar-refractivity contribution < 1.29 is 26.7 Å². The second-order valence-corrected chi connectivity index (χ2v) is 6.81. The molecule has 3 rings (SSSR count). The Labute approximate surface area is 162 Å². The normalized spacial score (nSPS) is 15.6. The fraction of sp³-hybridized carbons (Fsp3) is 0.333. The van der Waals surface area contributed by atoms with Gasteiger partial charge in [-0.05, 0) is 31.0 Å². The van der Waals surface area contributed by atoms with Crippen LogP contribution in [0.3, 0.4) is 0 Å². The van der Waals surface area contributed by atoms with Gasteiger partial charge in [-0.3, -0.25) is 4.79 Å². The van der Waals surface area contributed by atoms with Crippen molar-refractivity contribution in [3.8, 4) is 0 Å². The standard InChI is InChI=1S/C18H15ClF5N3O/c19-13-7-11(18(22,23)24)9-25-16(13)27-5-3-10(4-6-27)17(28)26-12-1-2-14(20)15(21)8-12/h1-2,7-10H,3-6H2,(H,26,28). The molecule has 1 fully saturated rings. The molecule has 0 spiro atoms. The molecule has 2 aromatic rings. The molecule has 0 bridgehead atoms. The van der Waals surface area contributed by atoms with E-state index in [1.54, 1.807) is 4.90 Å². The van der Waals surface area contributed by atoms with Crippen molar-refractivity contribution in [2.24, 2.45) is 5.92 Å². The molecule has 1 aromatic heterocycles. The third-order valence-electron chi connectivity index (χ3n) is 4.50. The first-order chi connectivity index (χ1) is 13.1. The number of benzene rings is 1. The zero-order valence-electron chi connectivity index (χ0n) is 14.4. The molecule has 0 aliphatic carbocycles. The topological polar surface area (TPSA) is 45.2 Å². The van der Waals surface area contributed by atoms with Crippen molar-refractivity contribution in [1.29, 1.82) is 0 Å². The zero-order valence-corrected chi connectivity index (χ0v) is 15.1. The number of carbonyl (C=O) groups is 1. The summed E-state index contributed by atoms with van der Waals surface area (Å²) in [6, 6.07) is 3.91. The highest BCUT2D eigenvalue weighted by molar-refractivity contribution is 6.33. The molecule has 28 heavy (non-hydrogen) atoms. The first-order valence-corrected chi connectivity index (χ1v) is 8.76. The van der Waals surface area contributed by atoms with E-state index in [9.17, 15) is 26.7 Å². The summed E-state index contributed by atoms with van der Waals surface area (Å²) in [4.78, 5) is 17.8. The van der Waals surface area contributed by atoms with E-state index < -0.39 is 23.4 Å². The number of anilines is 2. The quantitative estimate of drug-likeness (QED) is 0.721. The fourth-order valence-corrected chi connectivity index (χ4v) is 3.28. The van der Waals surface area contributed by atoms with Crippen LogP contribution < -0.4 is 10.2 Å². The molecule has 1 N–H and O–H groups in total. The molecule has 1 amide bonds. The first kappa shape index (κ1) is 20.3. The Morgan fingerprint density at radius 3 is 2.39 bits per heavy atom. The Morgan fingerprint density at radius 2 is 1.82 bits per heavy atom. The molecule has 150 valence electrons. The van der Waals surface area contributed by atoms with Gasteiger partial charge in [0, 0.05) is 37.0 Å². The molecule has 0 atom stereocenters. The number of nitrogens with one attached hydrogen (secondary N) is 1. The number of amides is 1. The molecule has 0 unspecified atom stereocenters. The average molecular weight is 420 g/mol. The molecule has 1 aliphatic rings. The van der Waals surface area contributed by atoms with Crippen LogP contribution in [-0.2, 0) is 11.0 Å². The fourth-order valence-electron chi connectivity index (χ4n) is 2.99. The lowest BCUT2D eigenvalue weighted by Gasteiger charge is -2.32. The molecule has 1 aliphatic heterocycles. The van der Waals surface area contributed by atoms with Gasteiger partial charge in [-0.25, -0.2) is 13.8 Å². The summed E-state index contributed by atoms with van der Waals surface area (Å²) >= 11 is 5.95. The van der Waals surface area contributed by atoms with Gasteiger partial charge >= 0.3 is 6.18 Å². The summed E-state index contributed by atoms with van der Waals surface area (Å²) in [5.74, 6) is -2.55. The van der Waals surface area contributed by atoms with Gasteiger partial charge in [-0.15, -0.1) is 0 Å². The van der Waals surface area contributed by atoms with Crippen molar-refractivity contribution in [1.82, 2.24) is 4.98 Å². The summed E-state index contributed by atoms with van der Waals surface area (Å²) in [6.07, 6.45) is -2.98. The van der Waals surface area contributed by atoms with Crippen molar-refractivity contribution in [3.63, 3.8) is 0 Å². The Morgan fingerprint density at radius 1 is 1.14 bits per heavy atom. The van der Waals surface area contributed by atoms with E-state index in [1.165, 1.54) is 6.07 Å². The SMILES string of the molecule is O=C(Nc1ccc(F)c(F)c1)C1CCN(c2ncc(C(F)(F)F)cc2Cl)CC1. The third kappa shape index (κ3) is 4.52. The van der Waals surface area contributed by atoms with E-state index in [-0.39, 0.29) is 28.4 Å². The average Bonchev–Trinajstić information content (AvgIpc) is 2.64. The monoisotopic (exact) mass is 419 g/mol. The third-order valence-corrected chi connectivity index (χ3v) is 4.78. The van der Waals surface area contributed by atoms with Crippen molar-refractivity contribution in [2.75, 3.05) is 23.3 Å². The second kappa shape index (κ2) is 7.90. The highest BCUT2D eigenvalue weighted by Crippen LogP contribution is 2.34. The smallest absolute Gasteiger partial charge is 0.355 e. The molecule has 10 heteroatoms. The zero-order chi connectivity index (χ0) is 20.5. The highest BCUT2D eigenvalue weighted by Gasteiger charge is 2.33. The van der Waals surface area contributed by atoms with Crippen LogP contribution in [0.2, 0.25) is 5.02 Å². The van der Waals surface area contributed by atoms with Gasteiger partial charge in [0.25, 0.3) is 0 Å². The lowest BCUT2D eigenvalue weighted by atomic mass is 9.95. The van der Waals surface area contributed by atoms with E-state index >= 15 is 0 Å². The summed E-state index contributed by atoms with van der Waals surface area (Å²) in [7, 11) is 0. The largest absolute Gasteiger partial charge is 0.417 e. The molecular formula is C18H15ClF5N3O. The van der Waals surface area contributed by atoms with Gasteiger partial charge in [0.05, 0.1) is 10.6 Å². The Balaban J connectivity index is 1.61. The summed E-state index contributed by atoms with van der Waals surface area (Å²) < 4.78 is 64.3. The molecule has 4 nitrogen and oxygen atoms in total. The van der Waals surface area contributed by atoms with Crippen LogP contribution >= 0.6 is 11.6 Å². The van der Waals surface area contributed by atoms with E-state index in [1.807, 2.05) is 0 Å². The van der Waals surface area contributed by atoms with Crippen molar-refractivity contribution >= 4 is 29.0 Å². The lowest BCUT2D eigenvalue weighted by Crippen LogP contribution is -2.38. The maximum absolute atomic E-state index is 13.2. The number of carbonyl (C=O) groups excluding carboxylic acids is 1. The van der Waals surface area contributed by atoms with Crippen molar-refractivity contribution in [2.45, 2.75) is 19.0 Å². The molecular weight excluding hydrogens is 405 g/mol. The predicted molar refractivity (Wildman–Crippen MR) is 94.2 cm³/mol. The minimum atomic E-state index is -4.53. The molecule has 1 aromatic carbocycles. The number of rotatable bonds is 3. The van der Waals surface area contributed by atoms with Crippen LogP contribution in [-0.4, -0.2) is 24.0 Å². The van der Waals surface area contributed by atoms with Gasteiger partial charge in [0.15, 0.2) is 11.6 Å². The maximum atomic E-state index is 13.2. The maximum Gasteiger partial charge on any atom is 0.417 e. The van der Waals surface area contributed by atoms with Gasteiger partial charge in [-0.1, -0.05) is 11.6 Å². The number of halogens is 6. The van der Waals surface area contributed by atoms with E-state index in [2.05, 4.69) is 10.3 Å². The predicted octanol–water partition coefficient (Wildman–Crippen LogP) is 4.89. The van der Waals surface area contributed by atoms with Gasteiger partial charge in [-0.2, -0.15) is 13.2 Å². The van der Waals surface area contributed by atoms with Gasteiger partial charge in [0.2, 0.25) is 5.91 Å². The van der Waals surface area contributed by atoms with Crippen LogP contribution in [0, 0.1) is 17.6 Å². The number of pyridine rings is 1. The van der Waals surface area contributed by atoms with E-state index in [0.29, 0.717) is 25.9 Å². The molecule has 1 saturated heterocycles. The van der Waals surface area contributed by atoms with Gasteiger partial charge < -0.3 is 10.2 Å². The minimum Gasteiger partial charge on any atom is -0.355 e. The van der Waals surface area contributed by atoms with E-state index in [4.69, 9.17) is 11.6 Å². The number of aromatic nitrogens is 1. The van der Waals surface area contributed by atoms with Gasteiger partial charge in [0.1, 0.15) is 5.82 Å². The summed E-state index contributed by atoms with van der Waals surface area (Å²) in [6.45, 7) is 0.738. The Bertz CT molecular complexity index is 882. The first-order valence-electron chi connectivity index (χ1n) is 8.39. The van der Waals surface area contributed by atoms with Crippen LogP contribution in [0.25, 0.3) is 0 Å². The number of hydrogen-bond acceptors (Lipinski definition) is 3.